The number of Topliss-reactive ketones (excluding diaryl/α,β-unsaturated/α-hetero) is 1. The zero-order valence-corrected chi connectivity index (χ0v) is 11.0. The van der Waals surface area contributed by atoms with E-state index in [1.54, 1.807) is 0 Å². The lowest BCUT2D eigenvalue weighted by Crippen LogP contribution is -2.36. The van der Waals surface area contributed by atoms with Crippen LogP contribution in [0.2, 0.25) is 0 Å². The van der Waals surface area contributed by atoms with E-state index >= 15 is 0 Å². The molecule has 3 rings (SSSR count). The van der Waals surface area contributed by atoms with Crippen LogP contribution in [0.3, 0.4) is 0 Å². The first-order chi connectivity index (χ1) is 9.16. The number of amides is 1. The van der Waals surface area contributed by atoms with Gasteiger partial charge in [-0.2, -0.15) is 0 Å². The number of hydrogen-bond donors (Lipinski definition) is 1. The van der Waals surface area contributed by atoms with Crippen molar-refractivity contribution < 1.29 is 9.59 Å². The van der Waals surface area contributed by atoms with Crippen molar-refractivity contribution in [2.45, 2.75) is 38.5 Å². The van der Waals surface area contributed by atoms with Gasteiger partial charge in [0.1, 0.15) is 0 Å². The van der Waals surface area contributed by atoms with Crippen LogP contribution >= 0.6 is 0 Å². The second-order valence-corrected chi connectivity index (χ2v) is 5.33. The van der Waals surface area contributed by atoms with E-state index in [1.165, 1.54) is 0 Å². The molecule has 1 atom stereocenters. The number of hydrogen-bond acceptors (Lipinski definition) is 2. The Balaban J connectivity index is 2.11. The van der Waals surface area contributed by atoms with E-state index in [-0.39, 0.29) is 17.6 Å². The fraction of sp³-hybridized carbons (Fsp3) is 0.375. The topological polar surface area (TPSA) is 46.2 Å². The third kappa shape index (κ3) is 2.09. The molecule has 0 bridgehead atoms. The molecule has 1 heterocycles. The largest absolute Gasteiger partial charge is 0.329 e. The van der Waals surface area contributed by atoms with E-state index in [2.05, 4.69) is 5.32 Å². The highest BCUT2D eigenvalue weighted by atomic mass is 16.2. The highest BCUT2D eigenvalue weighted by molar-refractivity contribution is 6.01. The molecule has 0 saturated heterocycles. The van der Waals surface area contributed by atoms with Crippen molar-refractivity contribution in [2.75, 3.05) is 0 Å². The van der Waals surface area contributed by atoms with Crippen LogP contribution < -0.4 is 5.32 Å². The van der Waals surface area contributed by atoms with Gasteiger partial charge >= 0.3 is 0 Å². The first-order valence-corrected chi connectivity index (χ1v) is 6.78. The molecule has 0 saturated carbocycles. The van der Waals surface area contributed by atoms with E-state index in [9.17, 15) is 9.59 Å². The lowest BCUT2D eigenvalue weighted by Gasteiger charge is -2.31. The van der Waals surface area contributed by atoms with Crippen LogP contribution in [0.15, 0.2) is 35.5 Å². The van der Waals surface area contributed by atoms with Gasteiger partial charge in [0.15, 0.2) is 5.78 Å². The SMILES string of the molecule is Cc1ccccc1[C@@H]1CC(=O)NC2=C1C(=O)CCC2. The molecule has 0 fully saturated rings. The van der Waals surface area contributed by atoms with E-state index in [1.807, 2.05) is 31.2 Å². The minimum Gasteiger partial charge on any atom is -0.329 e. The molecule has 0 aromatic heterocycles. The molecule has 1 amide bonds. The minimum absolute atomic E-state index is 0.0294. The van der Waals surface area contributed by atoms with Crippen molar-refractivity contribution in [1.29, 1.82) is 0 Å². The molecule has 0 radical (unpaired) electrons. The summed E-state index contributed by atoms with van der Waals surface area (Å²) in [6.45, 7) is 2.04. The molecular formula is C16H17NO2. The third-order valence-corrected chi connectivity index (χ3v) is 4.05. The predicted molar refractivity (Wildman–Crippen MR) is 72.6 cm³/mol. The van der Waals surface area contributed by atoms with Crippen LogP contribution in [0.25, 0.3) is 0 Å². The molecule has 1 N–H and O–H groups in total. The van der Waals surface area contributed by atoms with Gasteiger partial charge in [-0.25, -0.2) is 0 Å². The summed E-state index contributed by atoms with van der Waals surface area (Å²) in [5.74, 6) is 0.175. The summed E-state index contributed by atoms with van der Waals surface area (Å²) in [4.78, 5) is 24.1. The standard InChI is InChI=1S/C16H17NO2/c1-10-5-2-3-6-11(10)12-9-15(19)17-13-7-4-8-14(18)16(12)13/h2-3,5-6,12H,4,7-9H2,1H3,(H,17,19)/t12-/m0/s1. The lowest BCUT2D eigenvalue weighted by atomic mass is 9.77. The summed E-state index contributed by atoms with van der Waals surface area (Å²) >= 11 is 0. The summed E-state index contributed by atoms with van der Waals surface area (Å²) in [6.07, 6.45) is 2.65. The highest BCUT2D eigenvalue weighted by Crippen LogP contribution is 2.38. The second-order valence-electron chi connectivity index (χ2n) is 5.33. The van der Waals surface area contributed by atoms with Crippen LogP contribution in [0.1, 0.15) is 42.7 Å². The van der Waals surface area contributed by atoms with Crippen LogP contribution in [0.4, 0.5) is 0 Å². The maximum Gasteiger partial charge on any atom is 0.225 e. The maximum absolute atomic E-state index is 12.2. The average Bonchev–Trinajstić information content (AvgIpc) is 2.38. The Kier molecular flexibility index (Phi) is 2.97. The van der Waals surface area contributed by atoms with E-state index in [4.69, 9.17) is 0 Å². The maximum atomic E-state index is 12.2. The number of rotatable bonds is 1. The van der Waals surface area contributed by atoms with E-state index in [0.717, 1.165) is 35.2 Å². The summed E-state index contributed by atoms with van der Waals surface area (Å²) in [5.41, 5.74) is 3.97. The fourth-order valence-corrected chi connectivity index (χ4v) is 3.15. The Hall–Kier alpha value is -1.90. The number of carbonyl (C=O) groups is 2. The molecule has 98 valence electrons. The number of carbonyl (C=O) groups excluding carboxylic acids is 2. The number of ketones is 1. The molecule has 0 unspecified atom stereocenters. The smallest absolute Gasteiger partial charge is 0.225 e. The fourth-order valence-electron chi connectivity index (χ4n) is 3.15. The van der Waals surface area contributed by atoms with Crippen LogP contribution in [-0.2, 0) is 9.59 Å². The van der Waals surface area contributed by atoms with Crippen molar-refractivity contribution in [3.63, 3.8) is 0 Å². The molecule has 1 aliphatic heterocycles. The summed E-state index contributed by atoms with van der Waals surface area (Å²) in [6, 6.07) is 8.03. The predicted octanol–water partition coefficient (Wildman–Crippen LogP) is 2.61. The monoisotopic (exact) mass is 255 g/mol. The molecule has 19 heavy (non-hydrogen) atoms. The van der Waals surface area contributed by atoms with Crippen LogP contribution in [0.5, 0.6) is 0 Å². The van der Waals surface area contributed by atoms with Crippen molar-refractivity contribution in [2.24, 2.45) is 0 Å². The average molecular weight is 255 g/mol. The molecule has 3 nitrogen and oxygen atoms in total. The molecule has 3 heteroatoms. The lowest BCUT2D eigenvalue weighted by molar-refractivity contribution is -0.122. The molecule has 1 aromatic rings. The van der Waals surface area contributed by atoms with Gasteiger partial charge in [0.25, 0.3) is 0 Å². The zero-order chi connectivity index (χ0) is 13.4. The summed E-state index contributed by atoms with van der Waals surface area (Å²) in [5, 5.41) is 2.89. The zero-order valence-electron chi connectivity index (χ0n) is 11.0. The van der Waals surface area contributed by atoms with Gasteiger partial charge in [-0.05, 0) is 30.9 Å². The van der Waals surface area contributed by atoms with Gasteiger partial charge < -0.3 is 5.32 Å². The van der Waals surface area contributed by atoms with Gasteiger partial charge in [-0.15, -0.1) is 0 Å². The van der Waals surface area contributed by atoms with Gasteiger partial charge in [0, 0.05) is 30.0 Å². The molecule has 1 aliphatic carbocycles. The molecule has 0 spiro atoms. The van der Waals surface area contributed by atoms with Gasteiger partial charge in [0.05, 0.1) is 0 Å². The first kappa shape index (κ1) is 12.2. The quantitative estimate of drug-likeness (QED) is 0.838. The first-order valence-electron chi connectivity index (χ1n) is 6.78. The summed E-state index contributed by atoms with van der Waals surface area (Å²) < 4.78 is 0. The van der Waals surface area contributed by atoms with Crippen molar-refractivity contribution in [1.82, 2.24) is 5.32 Å². The molecule has 2 aliphatic rings. The second kappa shape index (κ2) is 4.65. The molecule has 1 aromatic carbocycles. The molecular weight excluding hydrogens is 238 g/mol. The van der Waals surface area contributed by atoms with E-state index < -0.39 is 0 Å². The Morgan fingerprint density at radius 2 is 1.95 bits per heavy atom. The van der Waals surface area contributed by atoms with Crippen LogP contribution in [0, 0.1) is 6.92 Å². The number of nitrogens with one attached hydrogen (secondary N) is 1. The Labute approximate surface area is 112 Å². The van der Waals surface area contributed by atoms with Crippen molar-refractivity contribution >= 4 is 11.7 Å². The van der Waals surface area contributed by atoms with Gasteiger partial charge in [0.2, 0.25) is 5.91 Å². The third-order valence-electron chi connectivity index (χ3n) is 4.05. The van der Waals surface area contributed by atoms with Crippen molar-refractivity contribution in [3.8, 4) is 0 Å². The highest BCUT2D eigenvalue weighted by Gasteiger charge is 2.35. The Bertz CT molecular complexity index is 586. The number of allylic oxidation sites excluding steroid dienone is 2. The van der Waals surface area contributed by atoms with Crippen LogP contribution in [-0.4, -0.2) is 11.7 Å². The van der Waals surface area contributed by atoms with Gasteiger partial charge in [-0.1, -0.05) is 24.3 Å². The number of benzene rings is 1. The summed E-state index contributed by atoms with van der Waals surface area (Å²) in [7, 11) is 0. The minimum atomic E-state index is -0.0576. The normalized spacial score (nSPS) is 23.1. The van der Waals surface area contributed by atoms with Crippen molar-refractivity contribution in [3.05, 3.63) is 46.7 Å². The van der Waals surface area contributed by atoms with Gasteiger partial charge in [-0.3, -0.25) is 9.59 Å². The Morgan fingerprint density at radius 1 is 1.16 bits per heavy atom. The Morgan fingerprint density at radius 3 is 2.74 bits per heavy atom. The van der Waals surface area contributed by atoms with E-state index in [0.29, 0.717) is 12.8 Å². The number of aryl methyl sites for hydroxylation is 1.